The summed E-state index contributed by atoms with van der Waals surface area (Å²) in [4.78, 5) is 31.0. The van der Waals surface area contributed by atoms with Gasteiger partial charge in [-0.2, -0.15) is 0 Å². The quantitative estimate of drug-likeness (QED) is 0.256. The van der Waals surface area contributed by atoms with Gasteiger partial charge in [0.15, 0.2) is 0 Å². The third kappa shape index (κ3) is 5.18. The van der Waals surface area contributed by atoms with Gasteiger partial charge < -0.3 is 9.47 Å². The van der Waals surface area contributed by atoms with Gasteiger partial charge >= 0.3 is 0 Å². The van der Waals surface area contributed by atoms with Gasteiger partial charge in [-0.25, -0.2) is 0 Å². The average Bonchev–Trinajstić information content (AvgIpc) is 3.44. The van der Waals surface area contributed by atoms with Crippen molar-refractivity contribution in [2.24, 2.45) is 0 Å². The van der Waals surface area contributed by atoms with Crippen LogP contribution in [-0.4, -0.2) is 34.4 Å². The van der Waals surface area contributed by atoms with Crippen LogP contribution in [0.25, 0.3) is 11.8 Å². The molecule has 1 atom stereocenters. The molecule has 0 aliphatic carbocycles. The van der Waals surface area contributed by atoms with E-state index in [1.165, 1.54) is 5.56 Å². The van der Waals surface area contributed by atoms with Crippen LogP contribution < -0.4 is 4.90 Å². The summed E-state index contributed by atoms with van der Waals surface area (Å²) in [5, 5.41) is 0. The van der Waals surface area contributed by atoms with Crippen molar-refractivity contribution in [3.05, 3.63) is 126 Å². The number of unbranched alkanes of at least 4 members (excludes halogenated alkanes) is 1. The van der Waals surface area contributed by atoms with Crippen LogP contribution in [0.1, 0.15) is 48.2 Å². The Balaban J connectivity index is 1.50. The van der Waals surface area contributed by atoms with E-state index in [2.05, 4.69) is 48.7 Å². The molecular formula is C33H33N3O2. The fraction of sp³-hybridized carbons (Fsp3) is 0.212. The number of carbonyl (C=O) groups excluding carboxylic acids is 2. The van der Waals surface area contributed by atoms with Gasteiger partial charge in [-0.1, -0.05) is 85.6 Å². The highest BCUT2D eigenvalue weighted by Crippen LogP contribution is 2.42. The topological polar surface area (TPSA) is 45.6 Å². The third-order valence-electron chi connectivity index (χ3n) is 7.02. The molecule has 2 heterocycles. The molecule has 0 N–H and O–H groups in total. The third-order valence-corrected chi connectivity index (χ3v) is 7.02. The van der Waals surface area contributed by atoms with Crippen molar-refractivity contribution >= 4 is 23.6 Å². The fourth-order valence-electron chi connectivity index (χ4n) is 5.02. The maximum absolute atomic E-state index is 14.2. The van der Waals surface area contributed by atoms with E-state index in [-0.39, 0.29) is 24.4 Å². The molecule has 2 amide bonds. The highest BCUT2D eigenvalue weighted by atomic mass is 16.2. The number of rotatable bonds is 8. The Hall–Kier alpha value is -4.38. The summed E-state index contributed by atoms with van der Waals surface area (Å²) >= 11 is 0. The lowest BCUT2D eigenvalue weighted by Gasteiger charge is -2.39. The van der Waals surface area contributed by atoms with E-state index in [4.69, 9.17) is 0 Å². The first kappa shape index (κ1) is 25.3. The molecule has 0 bridgehead atoms. The van der Waals surface area contributed by atoms with Crippen LogP contribution in [0, 0.1) is 6.92 Å². The minimum absolute atomic E-state index is 0.00929. The van der Waals surface area contributed by atoms with Gasteiger partial charge in [-0.05, 0) is 54.8 Å². The number of hydrogen-bond acceptors (Lipinski definition) is 2. The van der Waals surface area contributed by atoms with Crippen LogP contribution >= 0.6 is 0 Å². The number of benzene rings is 3. The van der Waals surface area contributed by atoms with Gasteiger partial charge in [0.1, 0.15) is 12.6 Å². The van der Waals surface area contributed by atoms with E-state index in [1.54, 1.807) is 11.0 Å². The number of nitrogens with zero attached hydrogens (tertiary/aromatic N) is 3. The molecule has 0 saturated heterocycles. The van der Waals surface area contributed by atoms with E-state index in [0.29, 0.717) is 6.54 Å². The van der Waals surface area contributed by atoms with Gasteiger partial charge in [0.25, 0.3) is 0 Å². The van der Waals surface area contributed by atoms with Gasteiger partial charge in [-0.3, -0.25) is 14.5 Å². The highest BCUT2D eigenvalue weighted by molar-refractivity contribution is 6.02. The number of amides is 2. The number of carbonyl (C=O) groups is 2. The second kappa shape index (κ2) is 11.3. The number of aromatic nitrogens is 1. The molecule has 0 radical (unpaired) electrons. The molecule has 192 valence electrons. The molecule has 38 heavy (non-hydrogen) atoms. The Morgan fingerprint density at radius 3 is 2.32 bits per heavy atom. The summed E-state index contributed by atoms with van der Waals surface area (Å²) in [5.41, 5.74) is 5.98. The minimum atomic E-state index is -0.295. The Morgan fingerprint density at radius 2 is 1.58 bits per heavy atom. The van der Waals surface area contributed by atoms with E-state index < -0.39 is 0 Å². The molecule has 5 heteroatoms. The van der Waals surface area contributed by atoms with E-state index in [0.717, 1.165) is 41.0 Å². The van der Waals surface area contributed by atoms with Gasteiger partial charge in [0.05, 0.1) is 17.1 Å². The largest absolute Gasteiger partial charge is 0.330 e. The number of aryl methyl sites for hydroxylation is 1. The van der Waals surface area contributed by atoms with Crippen molar-refractivity contribution in [2.75, 3.05) is 18.0 Å². The SMILES string of the molecule is CCCCN(CC(=O)N1c2ccccc2-n2cccc2C1c1ccc(C)cc1)C(=O)C=Cc1ccccc1. The molecule has 1 aromatic heterocycles. The molecule has 5 rings (SSSR count). The maximum atomic E-state index is 14.2. The van der Waals surface area contributed by atoms with Crippen LogP contribution in [0.4, 0.5) is 5.69 Å². The van der Waals surface area contributed by atoms with E-state index in [1.807, 2.05) is 77.8 Å². The predicted molar refractivity (Wildman–Crippen MR) is 153 cm³/mol. The van der Waals surface area contributed by atoms with E-state index in [9.17, 15) is 9.59 Å². The Labute approximate surface area is 224 Å². The molecule has 0 fully saturated rings. The van der Waals surface area contributed by atoms with Crippen LogP contribution in [0.3, 0.4) is 0 Å². The van der Waals surface area contributed by atoms with Gasteiger partial charge in [-0.15, -0.1) is 0 Å². The summed E-state index contributed by atoms with van der Waals surface area (Å²) in [7, 11) is 0. The van der Waals surface area contributed by atoms with Crippen molar-refractivity contribution < 1.29 is 9.59 Å². The lowest BCUT2D eigenvalue weighted by molar-refractivity contribution is -0.131. The molecule has 1 aliphatic rings. The number of para-hydroxylation sites is 2. The number of hydrogen-bond donors (Lipinski definition) is 0. The monoisotopic (exact) mass is 503 g/mol. The number of fused-ring (bicyclic) bond motifs is 3. The van der Waals surface area contributed by atoms with E-state index >= 15 is 0 Å². The smallest absolute Gasteiger partial charge is 0.247 e. The lowest BCUT2D eigenvalue weighted by Crippen LogP contribution is -2.46. The molecule has 1 aliphatic heterocycles. The summed E-state index contributed by atoms with van der Waals surface area (Å²) in [5.74, 6) is -0.260. The minimum Gasteiger partial charge on any atom is -0.330 e. The second-order valence-corrected chi connectivity index (χ2v) is 9.73. The molecule has 0 spiro atoms. The lowest BCUT2D eigenvalue weighted by atomic mass is 9.97. The standard InChI is InChI=1S/C33H33N3O2/c1-3-4-22-34(31(37)21-18-26-11-6-5-7-12-26)24-32(38)36-29-14-9-8-13-28(29)35-23-10-15-30(35)33(36)27-19-16-25(2)17-20-27/h5-21,23,33H,3-4,22,24H2,1-2H3. The maximum Gasteiger partial charge on any atom is 0.247 e. The van der Waals surface area contributed by atoms with Crippen molar-refractivity contribution in [2.45, 2.75) is 32.7 Å². The second-order valence-electron chi connectivity index (χ2n) is 9.73. The molecule has 1 unspecified atom stereocenters. The average molecular weight is 504 g/mol. The van der Waals surface area contributed by atoms with Crippen LogP contribution in [0.2, 0.25) is 0 Å². The Bertz CT molecular complexity index is 1440. The van der Waals surface area contributed by atoms with Crippen molar-refractivity contribution in [1.82, 2.24) is 9.47 Å². The molecule has 5 nitrogen and oxygen atoms in total. The van der Waals surface area contributed by atoms with Crippen molar-refractivity contribution in [1.29, 1.82) is 0 Å². The normalized spacial score (nSPS) is 14.3. The first-order valence-electron chi connectivity index (χ1n) is 13.2. The summed E-state index contributed by atoms with van der Waals surface area (Å²) < 4.78 is 2.16. The fourth-order valence-corrected chi connectivity index (χ4v) is 5.02. The van der Waals surface area contributed by atoms with Crippen LogP contribution in [0.15, 0.2) is 103 Å². The zero-order valence-corrected chi connectivity index (χ0v) is 22.0. The van der Waals surface area contributed by atoms with Gasteiger partial charge in [0, 0.05) is 18.8 Å². The molecule has 3 aromatic carbocycles. The van der Waals surface area contributed by atoms with Crippen LogP contribution in [-0.2, 0) is 9.59 Å². The molecule has 4 aromatic rings. The highest BCUT2D eigenvalue weighted by Gasteiger charge is 2.36. The first-order valence-corrected chi connectivity index (χ1v) is 13.2. The first-order chi connectivity index (χ1) is 18.6. The Morgan fingerprint density at radius 1 is 0.868 bits per heavy atom. The Kier molecular flexibility index (Phi) is 7.55. The summed E-state index contributed by atoms with van der Waals surface area (Å²) in [6.45, 7) is 4.69. The molecule has 0 saturated carbocycles. The summed E-state index contributed by atoms with van der Waals surface area (Å²) in [6.07, 6.45) is 7.20. The predicted octanol–water partition coefficient (Wildman–Crippen LogP) is 6.56. The number of anilines is 1. The van der Waals surface area contributed by atoms with Crippen LogP contribution in [0.5, 0.6) is 0 Å². The molecular weight excluding hydrogens is 470 g/mol. The van der Waals surface area contributed by atoms with Crippen molar-refractivity contribution in [3.8, 4) is 5.69 Å². The zero-order valence-electron chi connectivity index (χ0n) is 22.0. The summed E-state index contributed by atoms with van der Waals surface area (Å²) in [6, 6.07) is 29.9. The zero-order chi connectivity index (χ0) is 26.5. The van der Waals surface area contributed by atoms with Gasteiger partial charge in [0.2, 0.25) is 11.8 Å². The van der Waals surface area contributed by atoms with Crippen molar-refractivity contribution in [3.63, 3.8) is 0 Å².